The highest BCUT2D eigenvalue weighted by molar-refractivity contribution is 6.42. The molecule has 1 atom stereocenters. The topological polar surface area (TPSA) is 76.1 Å². The van der Waals surface area contributed by atoms with Gasteiger partial charge in [-0.3, -0.25) is 10.1 Å². The molecule has 1 aliphatic heterocycles. The van der Waals surface area contributed by atoms with Gasteiger partial charge in [0.1, 0.15) is 0 Å². The predicted molar refractivity (Wildman–Crippen MR) is 149 cm³/mol. The van der Waals surface area contributed by atoms with Crippen LogP contribution in [0.3, 0.4) is 0 Å². The summed E-state index contributed by atoms with van der Waals surface area (Å²) in [4.78, 5) is 30.1. The molecule has 2 aromatic carbocycles. The lowest BCUT2D eigenvalue weighted by Crippen LogP contribution is -2.58. The Bertz CT molecular complexity index is 1240. The lowest BCUT2D eigenvalue weighted by molar-refractivity contribution is -0.0947. The summed E-state index contributed by atoms with van der Waals surface area (Å²) in [6.45, 7) is 4.07. The maximum atomic E-state index is 13.8. The number of urea groups is 2. The second kappa shape index (κ2) is 11.3. The molecule has 2 aromatic rings. The van der Waals surface area contributed by atoms with Crippen LogP contribution in [0.15, 0.2) is 48.0 Å². The van der Waals surface area contributed by atoms with Crippen molar-refractivity contribution in [1.29, 1.82) is 0 Å². The Balaban J connectivity index is 1.66. The van der Waals surface area contributed by atoms with Crippen LogP contribution < -0.4 is 10.2 Å². The quantitative estimate of drug-likeness (QED) is 0.203. The molecule has 1 fully saturated rings. The van der Waals surface area contributed by atoms with Crippen LogP contribution in [-0.4, -0.2) is 45.5 Å². The molecule has 1 saturated heterocycles. The zero-order valence-electron chi connectivity index (χ0n) is 20.5. The van der Waals surface area contributed by atoms with Gasteiger partial charge < -0.3 is 10.2 Å². The van der Waals surface area contributed by atoms with Gasteiger partial charge in [0.15, 0.2) is 6.17 Å². The first-order valence-electron chi connectivity index (χ1n) is 12.0. The average molecular weight is 586 g/mol. The van der Waals surface area contributed by atoms with Crippen molar-refractivity contribution in [2.75, 3.05) is 16.8 Å². The summed E-state index contributed by atoms with van der Waals surface area (Å²) in [6, 6.07) is 8.12. The van der Waals surface area contributed by atoms with Crippen LogP contribution in [0.1, 0.15) is 46.0 Å². The molecule has 2 N–H and O–H groups in total. The van der Waals surface area contributed by atoms with Gasteiger partial charge in [-0.2, -0.15) is 5.06 Å². The second-order valence-electron chi connectivity index (χ2n) is 9.69. The van der Waals surface area contributed by atoms with E-state index in [4.69, 9.17) is 46.4 Å². The van der Waals surface area contributed by atoms with E-state index in [1.54, 1.807) is 29.2 Å². The fourth-order valence-electron chi connectivity index (χ4n) is 4.87. The zero-order valence-corrected chi connectivity index (χ0v) is 23.5. The number of benzene rings is 2. The van der Waals surface area contributed by atoms with Crippen molar-refractivity contribution in [2.45, 2.75) is 57.7 Å². The van der Waals surface area contributed by atoms with Gasteiger partial charge in [0, 0.05) is 17.9 Å². The number of amides is 4. The van der Waals surface area contributed by atoms with Crippen molar-refractivity contribution in [3.63, 3.8) is 0 Å². The van der Waals surface area contributed by atoms with Gasteiger partial charge in [-0.05, 0) is 82.3 Å². The molecule has 7 nitrogen and oxygen atoms in total. The van der Waals surface area contributed by atoms with Gasteiger partial charge in [0.05, 0.1) is 25.6 Å². The normalized spacial score (nSPS) is 19.2. The predicted octanol–water partition coefficient (Wildman–Crippen LogP) is 8.46. The molecule has 1 heterocycles. The van der Waals surface area contributed by atoms with E-state index in [1.165, 1.54) is 29.0 Å². The van der Waals surface area contributed by atoms with Crippen molar-refractivity contribution in [2.24, 2.45) is 0 Å². The summed E-state index contributed by atoms with van der Waals surface area (Å²) in [7, 11) is 0. The first kappa shape index (κ1) is 27.9. The SMILES string of the molecule is CC1(C)[C@H](N(O)C(=O)Nc2ccc(Cl)c(Cl)c2)N(c2ccc(Cl)c(Cl)c2)C(=O)N1CCC1=CCCCC1. The molecule has 37 heavy (non-hydrogen) atoms. The minimum Gasteiger partial charge on any atom is -0.315 e. The third-order valence-corrected chi connectivity index (χ3v) is 8.32. The molecule has 2 aliphatic rings. The molecular formula is C26H28Cl4N4O3. The molecule has 0 saturated carbocycles. The van der Waals surface area contributed by atoms with Crippen LogP contribution in [-0.2, 0) is 0 Å². The Morgan fingerprint density at radius 1 is 1.05 bits per heavy atom. The third-order valence-electron chi connectivity index (χ3n) is 6.84. The van der Waals surface area contributed by atoms with E-state index in [0.29, 0.717) is 33.0 Å². The lowest BCUT2D eigenvalue weighted by atomic mass is 9.95. The van der Waals surface area contributed by atoms with E-state index < -0.39 is 17.7 Å². The van der Waals surface area contributed by atoms with E-state index in [0.717, 1.165) is 25.7 Å². The van der Waals surface area contributed by atoms with Crippen LogP contribution >= 0.6 is 46.4 Å². The first-order chi connectivity index (χ1) is 17.5. The highest BCUT2D eigenvalue weighted by Gasteiger charge is 2.56. The molecule has 4 amide bonds. The van der Waals surface area contributed by atoms with E-state index in [-0.39, 0.29) is 16.1 Å². The Kier molecular flexibility index (Phi) is 8.51. The number of halogens is 4. The number of rotatable bonds is 6. The van der Waals surface area contributed by atoms with E-state index in [1.807, 2.05) is 13.8 Å². The highest BCUT2D eigenvalue weighted by Crippen LogP contribution is 2.40. The fourth-order valence-corrected chi connectivity index (χ4v) is 5.46. The summed E-state index contributed by atoms with van der Waals surface area (Å²) in [5, 5.41) is 15.5. The number of carbonyl (C=O) groups excluding carboxylic acids is 2. The maximum absolute atomic E-state index is 13.8. The summed E-state index contributed by atoms with van der Waals surface area (Å²) in [5.41, 5.74) is 1.08. The monoisotopic (exact) mass is 584 g/mol. The second-order valence-corrected chi connectivity index (χ2v) is 11.3. The molecular weight excluding hydrogens is 558 g/mol. The van der Waals surface area contributed by atoms with Crippen molar-refractivity contribution in [3.05, 3.63) is 68.1 Å². The van der Waals surface area contributed by atoms with Crippen molar-refractivity contribution < 1.29 is 14.8 Å². The van der Waals surface area contributed by atoms with E-state index >= 15 is 0 Å². The van der Waals surface area contributed by atoms with Crippen LogP contribution in [0.2, 0.25) is 20.1 Å². The summed E-state index contributed by atoms with van der Waals surface area (Å²) >= 11 is 24.4. The number of hydrogen-bond acceptors (Lipinski definition) is 3. The molecule has 0 spiro atoms. The molecule has 0 unspecified atom stereocenters. The average Bonchev–Trinajstić information content (AvgIpc) is 3.06. The number of allylic oxidation sites excluding steroid dienone is 1. The van der Waals surface area contributed by atoms with Crippen LogP contribution in [0, 0.1) is 0 Å². The third kappa shape index (κ3) is 5.81. The Hall–Kier alpha value is -2.16. The number of anilines is 2. The van der Waals surface area contributed by atoms with Gasteiger partial charge in [0.25, 0.3) is 0 Å². The Morgan fingerprint density at radius 3 is 2.35 bits per heavy atom. The van der Waals surface area contributed by atoms with Gasteiger partial charge in [-0.1, -0.05) is 58.1 Å². The first-order valence-corrected chi connectivity index (χ1v) is 13.5. The van der Waals surface area contributed by atoms with Crippen molar-refractivity contribution in [1.82, 2.24) is 9.96 Å². The standard InChI is InChI=1S/C26H28Cl4N4O3/c1-26(2)23(34(37)24(35)31-17-8-10-19(27)21(29)14-17)33(18-9-11-20(28)22(30)15-18)25(36)32(26)13-12-16-6-4-3-5-7-16/h6,8-11,14-15,23,37H,3-5,7,12-13H2,1-2H3,(H,31,35)/t23-/m0/s1. The summed E-state index contributed by atoms with van der Waals surface area (Å²) in [5.74, 6) is 0. The molecule has 0 bridgehead atoms. The number of carbonyl (C=O) groups is 2. The maximum Gasteiger partial charge on any atom is 0.347 e. The number of nitrogens with zero attached hydrogens (tertiary/aromatic N) is 3. The molecule has 11 heteroatoms. The lowest BCUT2D eigenvalue weighted by Gasteiger charge is -2.38. The number of nitrogens with one attached hydrogen (secondary N) is 1. The minimum atomic E-state index is -1.08. The molecule has 4 rings (SSSR count). The van der Waals surface area contributed by atoms with Crippen molar-refractivity contribution >= 4 is 69.8 Å². The minimum absolute atomic E-state index is 0.249. The Labute approximate surface area is 236 Å². The fraction of sp³-hybridized carbons (Fsp3) is 0.385. The van der Waals surface area contributed by atoms with Crippen LogP contribution in [0.4, 0.5) is 21.0 Å². The van der Waals surface area contributed by atoms with E-state index in [9.17, 15) is 14.8 Å². The van der Waals surface area contributed by atoms with Crippen molar-refractivity contribution in [3.8, 4) is 0 Å². The number of hydroxylamine groups is 2. The van der Waals surface area contributed by atoms with E-state index in [2.05, 4.69) is 11.4 Å². The Morgan fingerprint density at radius 2 is 1.73 bits per heavy atom. The molecule has 198 valence electrons. The highest BCUT2D eigenvalue weighted by atomic mass is 35.5. The van der Waals surface area contributed by atoms with Gasteiger partial charge in [0.2, 0.25) is 0 Å². The molecule has 1 aliphatic carbocycles. The van der Waals surface area contributed by atoms with Crippen LogP contribution in [0.5, 0.6) is 0 Å². The van der Waals surface area contributed by atoms with Crippen LogP contribution in [0.25, 0.3) is 0 Å². The summed E-state index contributed by atoms with van der Waals surface area (Å²) < 4.78 is 0. The smallest absolute Gasteiger partial charge is 0.315 e. The van der Waals surface area contributed by atoms with Gasteiger partial charge >= 0.3 is 12.1 Å². The van der Waals surface area contributed by atoms with Gasteiger partial charge in [-0.15, -0.1) is 0 Å². The largest absolute Gasteiger partial charge is 0.347 e. The molecule has 0 aromatic heterocycles. The zero-order chi connectivity index (χ0) is 26.9. The molecule has 0 radical (unpaired) electrons. The van der Waals surface area contributed by atoms with Gasteiger partial charge in [-0.25, -0.2) is 9.59 Å². The summed E-state index contributed by atoms with van der Waals surface area (Å²) in [6.07, 6.45) is 6.26. The number of hydrogen-bond donors (Lipinski definition) is 2.